The fourth-order valence-corrected chi connectivity index (χ4v) is 3.36. The monoisotopic (exact) mass is 371 g/mol. The molecule has 1 saturated heterocycles. The number of nitrogens with one attached hydrogen (secondary N) is 1. The number of aromatic nitrogens is 1. The van der Waals surface area contributed by atoms with E-state index in [-0.39, 0.29) is 30.7 Å². The molecule has 1 aliphatic rings. The molecule has 0 bridgehead atoms. The summed E-state index contributed by atoms with van der Waals surface area (Å²) in [6.45, 7) is 6.36. The molecule has 27 heavy (non-hydrogen) atoms. The van der Waals surface area contributed by atoms with Gasteiger partial charge in [0.05, 0.1) is 11.8 Å². The van der Waals surface area contributed by atoms with Crippen LogP contribution >= 0.6 is 0 Å². The van der Waals surface area contributed by atoms with Gasteiger partial charge in [0.25, 0.3) is 0 Å². The van der Waals surface area contributed by atoms with E-state index >= 15 is 0 Å². The number of nitrogens with zero attached hydrogens (tertiary/aromatic N) is 2. The summed E-state index contributed by atoms with van der Waals surface area (Å²) >= 11 is 0. The molecule has 1 aromatic heterocycles. The molecule has 1 aliphatic heterocycles. The van der Waals surface area contributed by atoms with Gasteiger partial charge in [-0.05, 0) is 38.0 Å². The van der Waals surface area contributed by atoms with E-state index in [9.17, 15) is 14.7 Å². The quantitative estimate of drug-likeness (QED) is 0.784. The predicted molar refractivity (Wildman–Crippen MR) is 100 cm³/mol. The lowest BCUT2D eigenvalue weighted by Crippen LogP contribution is -2.32. The van der Waals surface area contributed by atoms with Gasteiger partial charge in [0, 0.05) is 37.2 Å². The van der Waals surface area contributed by atoms with Gasteiger partial charge in [-0.2, -0.15) is 0 Å². The number of carbonyl (C=O) groups excluding carboxylic acids is 2. The van der Waals surface area contributed by atoms with Crippen molar-refractivity contribution >= 4 is 17.5 Å². The minimum atomic E-state index is -0.638. The summed E-state index contributed by atoms with van der Waals surface area (Å²) < 4.78 is 5.19. The molecule has 7 heteroatoms. The van der Waals surface area contributed by atoms with Gasteiger partial charge < -0.3 is 19.8 Å². The topological polar surface area (TPSA) is 95.7 Å². The van der Waals surface area contributed by atoms with Gasteiger partial charge in [-0.25, -0.2) is 0 Å². The highest BCUT2D eigenvalue weighted by molar-refractivity contribution is 6.04. The van der Waals surface area contributed by atoms with Crippen LogP contribution in [0.4, 0.5) is 5.69 Å². The first kappa shape index (κ1) is 19.1. The minimum absolute atomic E-state index is 0.122. The third-order valence-corrected chi connectivity index (χ3v) is 5.09. The molecule has 3 rings (SSSR count). The molecule has 144 valence electrons. The lowest BCUT2D eigenvalue weighted by molar-refractivity contribution is -0.134. The zero-order valence-corrected chi connectivity index (χ0v) is 15.9. The number of aliphatic hydroxyl groups excluding tert-OH is 1. The number of β-amino-alcohol motifs (C(OH)–C–C–N with tert-alkyl or cyclic N) is 1. The normalized spacial score (nSPS) is 19.3. The molecule has 2 heterocycles. The van der Waals surface area contributed by atoms with Crippen molar-refractivity contribution in [2.24, 2.45) is 5.92 Å². The largest absolute Gasteiger partial charge is 0.391 e. The van der Waals surface area contributed by atoms with E-state index in [0.717, 1.165) is 16.8 Å². The summed E-state index contributed by atoms with van der Waals surface area (Å²) in [6, 6.07) is 7.49. The Morgan fingerprint density at radius 2 is 2.07 bits per heavy atom. The Balaban J connectivity index is 1.55. The highest BCUT2D eigenvalue weighted by Crippen LogP contribution is 2.23. The zero-order chi connectivity index (χ0) is 19.6. The highest BCUT2D eigenvalue weighted by atomic mass is 16.5. The molecule has 2 amide bonds. The second kappa shape index (κ2) is 7.92. The maximum Gasteiger partial charge on any atom is 0.233 e. The fourth-order valence-electron chi connectivity index (χ4n) is 3.36. The van der Waals surface area contributed by atoms with Gasteiger partial charge >= 0.3 is 0 Å². The van der Waals surface area contributed by atoms with Crippen LogP contribution < -0.4 is 5.32 Å². The summed E-state index contributed by atoms with van der Waals surface area (Å²) in [7, 11) is 0. The van der Waals surface area contributed by atoms with Crippen LogP contribution in [0.2, 0.25) is 0 Å². The molecule has 0 aliphatic carbocycles. The lowest BCUT2D eigenvalue weighted by atomic mass is 10.0. The van der Waals surface area contributed by atoms with Crippen molar-refractivity contribution < 1.29 is 19.2 Å². The number of likely N-dealkylation sites (tertiary alicyclic amines) is 1. The van der Waals surface area contributed by atoms with Gasteiger partial charge in [-0.3, -0.25) is 9.59 Å². The van der Waals surface area contributed by atoms with Crippen LogP contribution in [0.5, 0.6) is 0 Å². The minimum Gasteiger partial charge on any atom is -0.391 e. The van der Waals surface area contributed by atoms with E-state index in [1.165, 1.54) is 0 Å². The Bertz CT molecular complexity index is 846. The van der Waals surface area contributed by atoms with Crippen LogP contribution in [0.1, 0.15) is 29.0 Å². The first-order valence-electron chi connectivity index (χ1n) is 9.07. The van der Waals surface area contributed by atoms with Crippen molar-refractivity contribution in [2.75, 3.05) is 18.4 Å². The molecule has 1 fully saturated rings. The molecule has 0 unspecified atom stereocenters. The Morgan fingerprint density at radius 3 is 2.78 bits per heavy atom. The van der Waals surface area contributed by atoms with Gasteiger partial charge in [-0.1, -0.05) is 17.3 Å². The molecule has 2 aromatic rings. The van der Waals surface area contributed by atoms with Crippen LogP contribution in [-0.4, -0.2) is 46.2 Å². The van der Waals surface area contributed by atoms with E-state index < -0.39 is 6.10 Å². The second-order valence-corrected chi connectivity index (χ2v) is 7.24. The number of amides is 2. The predicted octanol–water partition coefficient (Wildman–Crippen LogP) is 1.99. The Kier molecular flexibility index (Phi) is 5.60. The van der Waals surface area contributed by atoms with Gasteiger partial charge in [0.2, 0.25) is 11.8 Å². The van der Waals surface area contributed by atoms with Crippen molar-refractivity contribution in [1.82, 2.24) is 10.1 Å². The summed E-state index contributed by atoms with van der Waals surface area (Å²) in [5.41, 5.74) is 3.56. The first-order chi connectivity index (χ1) is 12.8. The molecule has 0 saturated carbocycles. The van der Waals surface area contributed by atoms with Crippen LogP contribution in [-0.2, 0) is 16.0 Å². The number of carbonyl (C=O) groups is 2. The molecule has 0 radical (unpaired) electrons. The number of aliphatic hydroxyl groups is 1. The van der Waals surface area contributed by atoms with Crippen molar-refractivity contribution in [3.05, 3.63) is 46.8 Å². The van der Waals surface area contributed by atoms with E-state index in [2.05, 4.69) is 10.5 Å². The van der Waals surface area contributed by atoms with E-state index in [1.807, 2.05) is 45.0 Å². The summed E-state index contributed by atoms with van der Waals surface area (Å²) in [5, 5.41) is 16.9. The summed E-state index contributed by atoms with van der Waals surface area (Å²) in [6.07, 6.45) is -0.365. The number of aryl methyl sites for hydroxylation is 2. The van der Waals surface area contributed by atoms with Crippen LogP contribution in [0, 0.1) is 26.7 Å². The Labute approximate surface area is 158 Å². The molecular weight excluding hydrogens is 346 g/mol. The van der Waals surface area contributed by atoms with Crippen LogP contribution in [0.15, 0.2) is 28.8 Å². The SMILES string of the molecule is Cc1cc(C[C@@H]2CN(C(=O)CC(=O)Nc3cccc(C)c3C)C[C@H]2O)on1. The van der Waals surface area contributed by atoms with Crippen molar-refractivity contribution in [3.8, 4) is 0 Å². The zero-order valence-electron chi connectivity index (χ0n) is 15.9. The van der Waals surface area contributed by atoms with E-state index in [0.29, 0.717) is 24.4 Å². The third-order valence-electron chi connectivity index (χ3n) is 5.09. The van der Waals surface area contributed by atoms with Gasteiger partial charge in [0.1, 0.15) is 12.2 Å². The van der Waals surface area contributed by atoms with Crippen molar-refractivity contribution in [3.63, 3.8) is 0 Å². The Morgan fingerprint density at radius 1 is 1.30 bits per heavy atom. The average molecular weight is 371 g/mol. The van der Waals surface area contributed by atoms with Gasteiger partial charge in [-0.15, -0.1) is 0 Å². The van der Waals surface area contributed by atoms with Crippen molar-refractivity contribution in [1.29, 1.82) is 0 Å². The number of benzene rings is 1. The van der Waals surface area contributed by atoms with Crippen molar-refractivity contribution in [2.45, 2.75) is 39.7 Å². The standard InChI is InChI=1S/C20H25N3O4/c1-12-5-4-6-17(14(12)3)21-19(25)9-20(26)23-10-15(18(24)11-23)8-16-7-13(2)22-27-16/h4-7,15,18,24H,8-11H2,1-3H3,(H,21,25)/t15-,18-/m1/s1. The smallest absolute Gasteiger partial charge is 0.233 e. The Hall–Kier alpha value is -2.67. The van der Waals surface area contributed by atoms with E-state index in [1.54, 1.807) is 4.90 Å². The maximum absolute atomic E-state index is 12.5. The fraction of sp³-hybridized carbons (Fsp3) is 0.450. The third kappa shape index (κ3) is 4.54. The van der Waals surface area contributed by atoms with Crippen LogP contribution in [0.25, 0.3) is 0 Å². The average Bonchev–Trinajstić information content (AvgIpc) is 3.18. The molecule has 1 aromatic carbocycles. The lowest BCUT2D eigenvalue weighted by Gasteiger charge is -2.16. The molecule has 2 N–H and O–H groups in total. The number of anilines is 1. The van der Waals surface area contributed by atoms with Crippen LogP contribution in [0.3, 0.4) is 0 Å². The second-order valence-electron chi connectivity index (χ2n) is 7.24. The molecular formula is C20H25N3O4. The summed E-state index contributed by atoms with van der Waals surface area (Å²) in [4.78, 5) is 26.3. The number of hydrogen-bond donors (Lipinski definition) is 2. The highest BCUT2D eigenvalue weighted by Gasteiger charge is 2.35. The number of rotatable bonds is 5. The van der Waals surface area contributed by atoms with E-state index in [4.69, 9.17) is 4.52 Å². The number of hydrogen-bond acceptors (Lipinski definition) is 5. The summed E-state index contributed by atoms with van der Waals surface area (Å²) in [5.74, 6) is -0.0625. The molecule has 0 spiro atoms. The molecule has 7 nitrogen and oxygen atoms in total. The molecule has 2 atom stereocenters. The maximum atomic E-state index is 12.5. The first-order valence-corrected chi connectivity index (χ1v) is 9.07. The van der Waals surface area contributed by atoms with Gasteiger partial charge in [0.15, 0.2) is 0 Å².